The lowest BCUT2D eigenvalue weighted by Crippen LogP contribution is -2.23. The summed E-state index contributed by atoms with van der Waals surface area (Å²) in [6, 6.07) is 18.1. The molecule has 3 aromatic rings. The van der Waals surface area contributed by atoms with Gasteiger partial charge in [0.15, 0.2) is 5.69 Å². The van der Waals surface area contributed by atoms with Crippen LogP contribution in [0.25, 0.3) is 10.9 Å². The van der Waals surface area contributed by atoms with E-state index in [2.05, 4.69) is 46.9 Å². The Hall–Kier alpha value is -2.86. The second-order valence-electron chi connectivity index (χ2n) is 5.20. The number of anilines is 1. The van der Waals surface area contributed by atoms with Gasteiger partial charge in [0.05, 0.1) is 11.2 Å². The molecule has 0 spiro atoms. The largest absolute Gasteiger partial charge is 0.369 e. The van der Waals surface area contributed by atoms with Crippen molar-refractivity contribution in [2.45, 2.75) is 13.8 Å². The van der Waals surface area contributed by atoms with Gasteiger partial charge in [0.2, 0.25) is 0 Å². The molecule has 23 heavy (non-hydrogen) atoms. The molecule has 3 heteroatoms. The van der Waals surface area contributed by atoms with Crippen LogP contribution in [0.4, 0.5) is 5.69 Å². The zero-order valence-electron chi connectivity index (χ0n) is 13.5. The first kappa shape index (κ1) is 15.1. The molecule has 1 aromatic heterocycles. The van der Waals surface area contributed by atoms with Gasteiger partial charge in [-0.1, -0.05) is 42.3 Å². The van der Waals surface area contributed by atoms with E-state index in [9.17, 15) is 0 Å². The Morgan fingerprint density at radius 2 is 1.52 bits per heavy atom. The predicted octanol–water partition coefficient (Wildman–Crippen LogP) is 3.88. The van der Waals surface area contributed by atoms with Gasteiger partial charge < -0.3 is 4.90 Å². The van der Waals surface area contributed by atoms with E-state index in [1.807, 2.05) is 48.5 Å². The van der Waals surface area contributed by atoms with Crippen LogP contribution < -0.4 is 4.90 Å². The minimum absolute atomic E-state index is 0.733. The Labute approximate surface area is 137 Å². The van der Waals surface area contributed by atoms with Crippen molar-refractivity contribution in [3.63, 3.8) is 0 Å². The number of aromatic nitrogens is 2. The topological polar surface area (TPSA) is 29.0 Å². The zero-order valence-corrected chi connectivity index (χ0v) is 13.5. The van der Waals surface area contributed by atoms with Gasteiger partial charge in [-0.15, -0.1) is 10.2 Å². The highest BCUT2D eigenvalue weighted by atomic mass is 15.2. The third kappa shape index (κ3) is 3.17. The minimum atomic E-state index is 0.733. The van der Waals surface area contributed by atoms with E-state index >= 15 is 0 Å². The monoisotopic (exact) mass is 301 g/mol. The molecule has 0 saturated carbocycles. The van der Waals surface area contributed by atoms with Crippen LogP contribution in [0.3, 0.4) is 0 Å². The molecule has 0 atom stereocenters. The summed E-state index contributed by atoms with van der Waals surface area (Å²) in [5, 5.41) is 9.80. The zero-order chi connectivity index (χ0) is 16.1. The lowest BCUT2D eigenvalue weighted by atomic mass is 10.1. The third-order valence-corrected chi connectivity index (χ3v) is 3.82. The first-order valence-electron chi connectivity index (χ1n) is 7.91. The fourth-order valence-electron chi connectivity index (χ4n) is 2.64. The molecule has 0 radical (unpaired) electrons. The molecule has 3 rings (SSSR count). The highest BCUT2D eigenvalue weighted by molar-refractivity contribution is 5.93. The number of fused-ring (bicyclic) bond motifs is 1. The molecule has 0 aliphatic carbocycles. The molecular formula is C20H19N3. The van der Waals surface area contributed by atoms with E-state index in [-0.39, 0.29) is 0 Å². The van der Waals surface area contributed by atoms with Crippen molar-refractivity contribution < 1.29 is 0 Å². The maximum atomic E-state index is 4.37. The van der Waals surface area contributed by atoms with Gasteiger partial charge in [0.1, 0.15) is 0 Å². The number of nitrogens with zero attached hydrogens (tertiary/aromatic N) is 3. The van der Waals surface area contributed by atoms with Gasteiger partial charge in [-0.25, -0.2) is 0 Å². The van der Waals surface area contributed by atoms with E-state index in [1.54, 1.807) is 0 Å². The first-order chi connectivity index (χ1) is 11.3. The van der Waals surface area contributed by atoms with Crippen molar-refractivity contribution in [2.75, 3.05) is 18.0 Å². The van der Waals surface area contributed by atoms with Crippen molar-refractivity contribution in [3.05, 3.63) is 65.9 Å². The fourth-order valence-corrected chi connectivity index (χ4v) is 2.64. The molecule has 0 bridgehead atoms. The summed E-state index contributed by atoms with van der Waals surface area (Å²) in [7, 11) is 0. The van der Waals surface area contributed by atoms with Crippen LogP contribution in [0.2, 0.25) is 0 Å². The average molecular weight is 301 g/mol. The van der Waals surface area contributed by atoms with Crippen molar-refractivity contribution in [1.29, 1.82) is 0 Å². The molecule has 0 fully saturated rings. The molecule has 0 N–H and O–H groups in total. The van der Waals surface area contributed by atoms with Gasteiger partial charge >= 0.3 is 0 Å². The molecule has 1 heterocycles. The maximum absolute atomic E-state index is 4.37. The summed E-state index contributed by atoms with van der Waals surface area (Å²) in [6.07, 6.45) is 0. The quantitative estimate of drug-likeness (QED) is 0.688. The summed E-state index contributed by atoms with van der Waals surface area (Å²) < 4.78 is 0. The predicted molar refractivity (Wildman–Crippen MR) is 95.5 cm³/mol. The number of benzene rings is 2. The lowest BCUT2D eigenvalue weighted by Gasteiger charge is -2.23. The number of hydrogen-bond donors (Lipinski definition) is 0. The summed E-state index contributed by atoms with van der Waals surface area (Å²) in [5.74, 6) is 6.40. The summed E-state index contributed by atoms with van der Waals surface area (Å²) >= 11 is 0. The molecule has 0 amide bonds. The van der Waals surface area contributed by atoms with Crippen LogP contribution in [0.1, 0.15) is 25.1 Å². The van der Waals surface area contributed by atoms with Crippen molar-refractivity contribution >= 4 is 16.6 Å². The van der Waals surface area contributed by atoms with Crippen LogP contribution in [0.5, 0.6) is 0 Å². The van der Waals surface area contributed by atoms with E-state index in [0.717, 1.165) is 40.9 Å². The van der Waals surface area contributed by atoms with Crippen molar-refractivity contribution in [3.8, 4) is 11.8 Å². The molecule has 114 valence electrons. The molecule has 0 saturated heterocycles. The average Bonchev–Trinajstić information content (AvgIpc) is 2.62. The molecule has 3 nitrogen and oxygen atoms in total. The number of rotatable bonds is 3. The maximum Gasteiger partial charge on any atom is 0.160 e. The first-order valence-corrected chi connectivity index (χ1v) is 7.91. The van der Waals surface area contributed by atoms with Crippen molar-refractivity contribution in [1.82, 2.24) is 10.2 Å². The summed E-state index contributed by atoms with van der Waals surface area (Å²) in [4.78, 5) is 2.28. The van der Waals surface area contributed by atoms with Crippen LogP contribution >= 0.6 is 0 Å². The molecule has 0 aliphatic rings. The van der Waals surface area contributed by atoms with E-state index in [1.165, 1.54) is 0 Å². The Kier molecular flexibility index (Phi) is 4.54. The Morgan fingerprint density at radius 3 is 2.26 bits per heavy atom. The van der Waals surface area contributed by atoms with E-state index in [4.69, 9.17) is 0 Å². The van der Waals surface area contributed by atoms with E-state index in [0.29, 0.717) is 0 Å². The third-order valence-electron chi connectivity index (χ3n) is 3.82. The van der Waals surface area contributed by atoms with Crippen LogP contribution in [-0.2, 0) is 0 Å². The Balaban J connectivity index is 2.16. The highest BCUT2D eigenvalue weighted by Crippen LogP contribution is 2.27. The molecule has 0 aliphatic heterocycles. The standard InChI is InChI=1S/C20H19N3/c1-3-23(4-2)20-17-12-8-9-13-18(17)21-22-19(20)15-14-16-10-6-5-7-11-16/h5-13H,3-4H2,1-2H3. The van der Waals surface area contributed by atoms with Crippen molar-refractivity contribution in [2.24, 2.45) is 0 Å². The Bertz CT molecular complexity index is 856. The summed E-state index contributed by atoms with van der Waals surface area (Å²) in [6.45, 7) is 6.11. The fraction of sp³-hybridized carbons (Fsp3) is 0.200. The second kappa shape index (κ2) is 6.93. The molecule has 2 aromatic carbocycles. The van der Waals surface area contributed by atoms with Crippen LogP contribution in [0.15, 0.2) is 54.6 Å². The Morgan fingerprint density at radius 1 is 0.826 bits per heavy atom. The SMILES string of the molecule is CCN(CC)c1c(C#Cc2ccccc2)nnc2ccccc12. The van der Waals surface area contributed by atoms with Crippen LogP contribution in [-0.4, -0.2) is 23.3 Å². The smallest absolute Gasteiger partial charge is 0.160 e. The van der Waals surface area contributed by atoms with E-state index < -0.39 is 0 Å². The second-order valence-corrected chi connectivity index (χ2v) is 5.20. The molecular weight excluding hydrogens is 282 g/mol. The minimum Gasteiger partial charge on any atom is -0.369 e. The molecule has 0 unspecified atom stereocenters. The highest BCUT2D eigenvalue weighted by Gasteiger charge is 2.13. The summed E-state index contributed by atoms with van der Waals surface area (Å²) in [5.41, 5.74) is 3.69. The number of hydrogen-bond acceptors (Lipinski definition) is 3. The van der Waals surface area contributed by atoms with Crippen LogP contribution in [0, 0.1) is 11.8 Å². The van der Waals surface area contributed by atoms with Gasteiger partial charge in [-0.2, -0.15) is 0 Å². The lowest BCUT2D eigenvalue weighted by molar-refractivity contribution is 0.859. The normalized spacial score (nSPS) is 10.2. The van der Waals surface area contributed by atoms with Gasteiger partial charge in [0.25, 0.3) is 0 Å². The van der Waals surface area contributed by atoms with Gasteiger partial charge in [0, 0.05) is 24.0 Å². The van der Waals surface area contributed by atoms with Gasteiger partial charge in [-0.3, -0.25) is 0 Å². The van der Waals surface area contributed by atoms with Gasteiger partial charge in [-0.05, 0) is 38.0 Å².